The van der Waals surface area contributed by atoms with Crippen molar-refractivity contribution in [3.05, 3.63) is 48.9 Å². The summed E-state index contributed by atoms with van der Waals surface area (Å²) in [6, 6.07) is 6.64. The molecule has 8 nitrogen and oxygen atoms in total. The molecule has 3 atom stereocenters. The molecule has 1 saturated carbocycles. The maximum Gasteiger partial charge on any atom is 0.284 e. The lowest BCUT2D eigenvalue weighted by atomic mass is 9.64. The van der Waals surface area contributed by atoms with Gasteiger partial charge in [-0.05, 0) is 58.6 Å². The predicted octanol–water partition coefficient (Wildman–Crippen LogP) is 9.85. The smallest absolute Gasteiger partial charge is 0.284 e. The fraction of sp³-hybridized carbons (Fsp3) is 0.730. The Morgan fingerprint density at radius 1 is 1.04 bits per heavy atom. The van der Waals surface area contributed by atoms with Crippen LogP contribution in [0, 0.1) is 5.41 Å². The first kappa shape index (κ1) is 38.9. The van der Waals surface area contributed by atoms with Crippen molar-refractivity contribution in [1.82, 2.24) is 0 Å². The Balaban J connectivity index is 2.50. The van der Waals surface area contributed by atoms with E-state index in [-0.39, 0.29) is 29.1 Å². The highest BCUT2D eigenvalue weighted by Crippen LogP contribution is 2.54. The van der Waals surface area contributed by atoms with E-state index in [9.17, 15) is 5.11 Å². The van der Waals surface area contributed by atoms with Gasteiger partial charge in [0.05, 0.1) is 13.2 Å². The Hall–Kier alpha value is -2.26. The normalized spacial score (nSPS) is 21.7. The zero-order valence-corrected chi connectivity index (χ0v) is 29.4. The van der Waals surface area contributed by atoms with Crippen LogP contribution in [0.3, 0.4) is 0 Å². The van der Waals surface area contributed by atoms with E-state index in [1.165, 1.54) is 25.3 Å². The molecule has 3 unspecified atom stereocenters. The quantitative estimate of drug-likeness (QED) is 0.0513. The molecule has 257 valence electrons. The summed E-state index contributed by atoms with van der Waals surface area (Å²) in [6.45, 7) is 19.0. The zero-order valence-electron chi connectivity index (χ0n) is 29.4. The van der Waals surface area contributed by atoms with E-state index >= 15 is 0 Å². The third-order valence-electron chi connectivity index (χ3n) is 8.56. The van der Waals surface area contributed by atoms with Crippen LogP contribution in [0.5, 0.6) is 11.5 Å². The molecule has 0 amide bonds. The molecule has 1 aromatic rings. The summed E-state index contributed by atoms with van der Waals surface area (Å²) in [5, 5.41) is 12.5. The van der Waals surface area contributed by atoms with Crippen LogP contribution >= 0.6 is 0 Å². The van der Waals surface area contributed by atoms with Crippen molar-refractivity contribution in [2.45, 2.75) is 143 Å². The first-order valence-corrected chi connectivity index (χ1v) is 17.0. The van der Waals surface area contributed by atoms with E-state index in [1.54, 1.807) is 37.5 Å². The van der Waals surface area contributed by atoms with Crippen molar-refractivity contribution in [3.63, 3.8) is 0 Å². The van der Waals surface area contributed by atoms with E-state index < -0.39 is 17.2 Å². The van der Waals surface area contributed by atoms with Crippen LogP contribution in [0.25, 0.3) is 0 Å². The molecule has 0 heterocycles. The first-order chi connectivity index (χ1) is 21.4. The molecule has 0 N–H and O–H groups in total. The number of ether oxygens (including phenoxy) is 7. The van der Waals surface area contributed by atoms with Gasteiger partial charge in [-0.2, -0.15) is 0 Å². The molecule has 8 heteroatoms. The lowest BCUT2D eigenvalue weighted by Crippen LogP contribution is -2.55. The van der Waals surface area contributed by atoms with Gasteiger partial charge in [-0.3, -0.25) is 5.11 Å². The minimum Gasteiger partial charge on any atom is -0.479 e. The van der Waals surface area contributed by atoms with Crippen molar-refractivity contribution < 1.29 is 38.3 Å². The number of para-hydroxylation sites is 2. The predicted molar refractivity (Wildman–Crippen MR) is 177 cm³/mol. The number of methoxy groups -OCH3 is 1. The van der Waals surface area contributed by atoms with Gasteiger partial charge in [-0.25, -0.2) is 0 Å². The van der Waals surface area contributed by atoms with Crippen molar-refractivity contribution in [3.8, 4) is 11.5 Å². The number of benzene rings is 1. The summed E-state index contributed by atoms with van der Waals surface area (Å²) in [5.41, 5.74) is -1.18. The van der Waals surface area contributed by atoms with Gasteiger partial charge >= 0.3 is 0 Å². The van der Waals surface area contributed by atoms with Gasteiger partial charge in [-0.15, -0.1) is 6.58 Å². The number of rotatable bonds is 23. The summed E-state index contributed by atoms with van der Waals surface area (Å²) >= 11 is 0. The molecule has 0 saturated heterocycles. The summed E-state index contributed by atoms with van der Waals surface area (Å²) in [6.07, 6.45) is 14.1. The SMILES string of the molecule is C=CCOC1(OC(=CC(C)(C)Oc2ccccc2[O])OC(C)(C)OCCC(OC)OCC)CCCCC1(CC)CCCCCC. The Bertz CT molecular complexity index is 1020. The first-order valence-electron chi connectivity index (χ1n) is 17.0. The monoisotopic (exact) mass is 633 g/mol. The van der Waals surface area contributed by atoms with Gasteiger partial charge in [0.15, 0.2) is 12.0 Å². The summed E-state index contributed by atoms with van der Waals surface area (Å²) < 4.78 is 43.8. The zero-order chi connectivity index (χ0) is 33.4. The fourth-order valence-corrected chi connectivity index (χ4v) is 6.21. The molecule has 1 fully saturated rings. The molecule has 0 bridgehead atoms. The molecule has 0 spiro atoms. The van der Waals surface area contributed by atoms with Crippen LogP contribution in [0.15, 0.2) is 48.9 Å². The second-order valence-electron chi connectivity index (χ2n) is 13.0. The van der Waals surface area contributed by atoms with Gasteiger partial charge < -0.3 is 33.2 Å². The van der Waals surface area contributed by atoms with E-state index in [0.29, 0.717) is 26.2 Å². The number of hydrogen-bond acceptors (Lipinski definition) is 7. The van der Waals surface area contributed by atoms with Gasteiger partial charge in [0.2, 0.25) is 17.3 Å². The third-order valence-corrected chi connectivity index (χ3v) is 8.56. The summed E-state index contributed by atoms with van der Waals surface area (Å²) in [5.74, 6) is -1.72. The maximum atomic E-state index is 12.5. The van der Waals surface area contributed by atoms with Crippen LogP contribution in [-0.2, 0) is 33.5 Å². The van der Waals surface area contributed by atoms with Crippen LogP contribution < -0.4 is 4.74 Å². The minimum absolute atomic E-state index is 0.192. The van der Waals surface area contributed by atoms with Gasteiger partial charge in [0.25, 0.3) is 5.95 Å². The lowest BCUT2D eigenvalue weighted by molar-refractivity contribution is -0.331. The maximum absolute atomic E-state index is 12.5. The molecule has 1 aliphatic rings. The molecule has 1 aromatic carbocycles. The average Bonchev–Trinajstić information content (AvgIpc) is 2.99. The Morgan fingerprint density at radius 2 is 1.78 bits per heavy atom. The second kappa shape index (κ2) is 18.8. The van der Waals surface area contributed by atoms with Gasteiger partial charge in [0, 0.05) is 51.9 Å². The summed E-state index contributed by atoms with van der Waals surface area (Å²) in [4.78, 5) is 0. The molecule has 1 radical (unpaired) electrons. The van der Waals surface area contributed by atoms with Crippen molar-refractivity contribution >= 4 is 0 Å². The van der Waals surface area contributed by atoms with Crippen molar-refractivity contribution in [2.75, 3.05) is 26.9 Å². The van der Waals surface area contributed by atoms with Gasteiger partial charge in [-0.1, -0.05) is 64.2 Å². The highest BCUT2D eigenvalue weighted by atomic mass is 16.8. The topological polar surface area (TPSA) is 84.5 Å². The molecule has 2 rings (SSSR count). The third kappa shape index (κ3) is 12.1. The minimum atomic E-state index is -1.08. The highest BCUT2D eigenvalue weighted by Gasteiger charge is 2.55. The van der Waals surface area contributed by atoms with E-state index in [0.717, 1.165) is 44.9 Å². The standard InChI is InChI=1S/C37H61O8/c1-10-14-15-18-24-36(12-3)25-19-20-26-37(36,42-27-11-2)45-33(29-34(5,6)43-31-22-17-16-21-30(31)38)44-35(7,8)41-28-23-32(39-9)40-13-4/h11,16-17,21-22,29,32H,2,10,12-15,18-20,23-28H2,1,3-9H3. The molecule has 0 aromatic heterocycles. The second-order valence-corrected chi connectivity index (χ2v) is 13.0. The molecular weight excluding hydrogens is 572 g/mol. The van der Waals surface area contributed by atoms with E-state index in [4.69, 9.17) is 33.2 Å². The molecule has 0 aliphatic heterocycles. The Labute approximate surface area is 273 Å². The van der Waals surface area contributed by atoms with Crippen LogP contribution in [-0.4, -0.2) is 50.4 Å². The van der Waals surface area contributed by atoms with Crippen LogP contribution in [0.2, 0.25) is 0 Å². The van der Waals surface area contributed by atoms with Crippen LogP contribution in [0.4, 0.5) is 0 Å². The van der Waals surface area contributed by atoms with Crippen molar-refractivity contribution in [1.29, 1.82) is 0 Å². The molecular formula is C37H61O8. The highest BCUT2D eigenvalue weighted by molar-refractivity contribution is 5.38. The summed E-state index contributed by atoms with van der Waals surface area (Å²) in [7, 11) is 1.62. The van der Waals surface area contributed by atoms with Crippen molar-refractivity contribution in [2.24, 2.45) is 5.41 Å². The number of hydrogen-bond donors (Lipinski definition) is 0. The van der Waals surface area contributed by atoms with Crippen LogP contribution in [0.1, 0.15) is 119 Å². The lowest BCUT2D eigenvalue weighted by Gasteiger charge is -2.53. The van der Waals surface area contributed by atoms with E-state index in [1.807, 2.05) is 34.6 Å². The van der Waals surface area contributed by atoms with E-state index in [2.05, 4.69) is 20.4 Å². The van der Waals surface area contributed by atoms with Gasteiger partial charge in [0.1, 0.15) is 5.60 Å². The number of unbranched alkanes of at least 4 members (excludes halogenated alkanes) is 3. The Morgan fingerprint density at radius 3 is 2.42 bits per heavy atom. The average molecular weight is 634 g/mol. The fourth-order valence-electron chi connectivity index (χ4n) is 6.21. The molecule has 1 aliphatic carbocycles. The molecule has 45 heavy (non-hydrogen) atoms. The Kier molecular flexibility index (Phi) is 16.2. The largest absolute Gasteiger partial charge is 0.479 e.